The molecule has 0 bridgehead atoms. The van der Waals surface area contributed by atoms with Crippen molar-refractivity contribution in [3.63, 3.8) is 0 Å². The van der Waals surface area contributed by atoms with Crippen molar-refractivity contribution >= 4 is 23.3 Å². The Morgan fingerprint density at radius 2 is 1.64 bits per heavy atom. The van der Waals surface area contributed by atoms with Gasteiger partial charge in [0.1, 0.15) is 11.6 Å². The molecule has 1 aliphatic rings. The summed E-state index contributed by atoms with van der Waals surface area (Å²) in [5.41, 5.74) is 0.0374. The summed E-state index contributed by atoms with van der Waals surface area (Å²) in [7, 11) is 0. The maximum Gasteiger partial charge on any atom is 0.169 e. The van der Waals surface area contributed by atoms with E-state index < -0.39 is 28.9 Å². The van der Waals surface area contributed by atoms with Crippen LogP contribution in [0.5, 0.6) is 0 Å². The van der Waals surface area contributed by atoms with Crippen LogP contribution in [0, 0.1) is 17.6 Å². The van der Waals surface area contributed by atoms with Crippen LogP contribution in [0.25, 0.3) is 11.7 Å². The topological polar surface area (TPSA) is 0 Å². The van der Waals surface area contributed by atoms with Gasteiger partial charge in [0.15, 0.2) is 11.7 Å². The molecule has 0 N–H and O–H groups in total. The van der Waals surface area contributed by atoms with Gasteiger partial charge in [0.25, 0.3) is 0 Å². The highest BCUT2D eigenvalue weighted by Gasteiger charge is 2.23. The predicted octanol–water partition coefficient (Wildman–Crippen LogP) is 8.46. The third-order valence-corrected chi connectivity index (χ3v) is 5.92. The molecule has 5 heteroatoms. The Hall–Kier alpha value is -1.81. The van der Waals surface area contributed by atoms with Crippen LogP contribution in [-0.2, 0) is 0 Å². The minimum Gasteiger partial charge on any atom is -0.206 e. The van der Waals surface area contributed by atoms with Crippen LogP contribution in [0.3, 0.4) is 0 Å². The van der Waals surface area contributed by atoms with Crippen molar-refractivity contribution < 1.29 is 17.6 Å². The van der Waals surface area contributed by atoms with E-state index in [-0.39, 0.29) is 16.5 Å². The van der Waals surface area contributed by atoms with Gasteiger partial charge in [-0.05, 0) is 67.3 Å². The maximum atomic E-state index is 14.5. The van der Waals surface area contributed by atoms with Crippen LogP contribution >= 0.6 is 11.6 Å². The van der Waals surface area contributed by atoms with Gasteiger partial charge in [-0.2, -0.15) is 0 Å². The number of hydrogen-bond donors (Lipinski definition) is 0. The molecule has 0 aromatic heterocycles. The molecule has 0 heterocycles. The molecule has 0 spiro atoms. The Balaban J connectivity index is 1.81. The van der Waals surface area contributed by atoms with Crippen molar-refractivity contribution in [2.24, 2.45) is 5.92 Å². The van der Waals surface area contributed by atoms with Crippen molar-refractivity contribution in [3.05, 3.63) is 69.7 Å². The second-order valence-electron chi connectivity index (χ2n) is 7.50. The molecule has 2 aromatic carbocycles. The summed E-state index contributed by atoms with van der Waals surface area (Å²) >= 11 is 5.56. The monoisotopic (exact) mass is 410 g/mol. The Morgan fingerprint density at radius 3 is 2.25 bits per heavy atom. The molecular formula is C23H23ClF4. The zero-order chi connectivity index (χ0) is 20.3. The van der Waals surface area contributed by atoms with Gasteiger partial charge in [0.05, 0.1) is 5.02 Å². The van der Waals surface area contributed by atoms with Gasteiger partial charge >= 0.3 is 0 Å². The average Bonchev–Trinajstić information content (AvgIpc) is 2.70. The predicted molar refractivity (Wildman–Crippen MR) is 106 cm³/mol. The Bertz CT molecular complexity index is 867. The summed E-state index contributed by atoms with van der Waals surface area (Å²) in [4.78, 5) is 0. The Labute approximate surface area is 168 Å². The second kappa shape index (κ2) is 9.13. The second-order valence-corrected chi connectivity index (χ2v) is 7.91. The van der Waals surface area contributed by atoms with Gasteiger partial charge in [-0.3, -0.25) is 0 Å². The smallest absolute Gasteiger partial charge is 0.169 e. The van der Waals surface area contributed by atoms with Gasteiger partial charge in [-0.25, -0.2) is 17.6 Å². The van der Waals surface area contributed by atoms with E-state index in [0.717, 1.165) is 55.4 Å². The van der Waals surface area contributed by atoms with Crippen LogP contribution in [0.2, 0.25) is 5.02 Å². The van der Waals surface area contributed by atoms with Gasteiger partial charge < -0.3 is 0 Å². The fraction of sp³-hybridized carbons (Fsp3) is 0.391. The summed E-state index contributed by atoms with van der Waals surface area (Å²) in [5.74, 6) is -3.36. The molecule has 1 saturated carbocycles. The largest absolute Gasteiger partial charge is 0.206 e. The van der Waals surface area contributed by atoms with Gasteiger partial charge in [0.2, 0.25) is 0 Å². The molecule has 0 atom stereocenters. The molecule has 0 aliphatic heterocycles. The van der Waals surface area contributed by atoms with Gasteiger partial charge in [-0.1, -0.05) is 43.5 Å². The molecule has 0 amide bonds. The van der Waals surface area contributed by atoms with Crippen molar-refractivity contribution in [2.75, 3.05) is 0 Å². The summed E-state index contributed by atoms with van der Waals surface area (Å²) in [6.07, 6.45) is 6.61. The molecular weight excluding hydrogens is 388 g/mol. The molecule has 150 valence electrons. The van der Waals surface area contributed by atoms with E-state index in [4.69, 9.17) is 11.6 Å². The molecule has 1 fully saturated rings. The minimum atomic E-state index is -1.35. The molecule has 28 heavy (non-hydrogen) atoms. The lowest BCUT2D eigenvalue weighted by atomic mass is 9.77. The highest BCUT2D eigenvalue weighted by atomic mass is 35.5. The lowest BCUT2D eigenvalue weighted by molar-refractivity contribution is 0.308. The lowest BCUT2D eigenvalue weighted by Crippen LogP contribution is -2.13. The Morgan fingerprint density at radius 1 is 0.929 bits per heavy atom. The van der Waals surface area contributed by atoms with Crippen molar-refractivity contribution in [1.29, 1.82) is 0 Å². The summed E-state index contributed by atoms with van der Waals surface area (Å²) < 4.78 is 57.0. The van der Waals surface area contributed by atoms with E-state index in [2.05, 4.69) is 6.92 Å². The molecule has 3 rings (SSSR count). The zero-order valence-corrected chi connectivity index (χ0v) is 16.5. The fourth-order valence-electron chi connectivity index (χ4n) is 4.03. The van der Waals surface area contributed by atoms with Gasteiger partial charge in [-0.15, -0.1) is 0 Å². The highest BCUT2D eigenvalue weighted by molar-refractivity contribution is 6.30. The maximum absolute atomic E-state index is 14.5. The normalized spacial score (nSPS) is 20.8. The van der Waals surface area contributed by atoms with Gasteiger partial charge in [0, 0.05) is 11.1 Å². The molecule has 1 aliphatic carbocycles. The molecule has 0 unspecified atom stereocenters. The fourth-order valence-corrected chi connectivity index (χ4v) is 4.15. The quantitative estimate of drug-likeness (QED) is 0.342. The number of halogens is 5. The molecule has 2 aromatic rings. The van der Waals surface area contributed by atoms with Crippen LogP contribution in [0.1, 0.15) is 68.1 Å². The van der Waals surface area contributed by atoms with E-state index in [1.807, 2.05) is 0 Å². The van der Waals surface area contributed by atoms with Crippen molar-refractivity contribution in [3.8, 4) is 0 Å². The third-order valence-electron chi connectivity index (χ3n) is 5.61. The zero-order valence-electron chi connectivity index (χ0n) is 15.8. The summed E-state index contributed by atoms with van der Waals surface area (Å²) in [6, 6.07) is 7.31. The first-order valence-corrected chi connectivity index (χ1v) is 10.1. The number of rotatable bonds is 5. The molecule has 0 nitrogen and oxygen atoms in total. The first kappa shape index (κ1) is 20.9. The molecule has 0 radical (unpaired) electrons. The first-order chi connectivity index (χ1) is 13.4. The van der Waals surface area contributed by atoms with Crippen molar-refractivity contribution in [2.45, 2.75) is 51.4 Å². The van der Waals surface area contributed by atoms with Crippen LogP contribution in [-0.4, -0.2) is 0 Å². The van der Waals surface area contributed by atoms with E-state index >= 15 is 0 Å². The number of benzene rings is 2. The van der Waals surface area contributed by atoms with E-state index in [1.165, 1.54) is 25.0 Å². The number of hydrogen-bond acceptors (Lipinski definition) is 0. The highest BCUT2D eigenvalue weighted by Crippen LogP contribution is 2.39. The van der Waals surface area contributed by atoms with Crippen LogP contribution in [0.15, 0.2) is 36.4 Å². The minimum absolute atomic E-state index is 0.193. The van der Waals surface area contributed by atoms with E-state index in [0.29, 0.717) is 0 Å². The van der Waals surface area contributed by atoms with Crippen LogP contribution in [0.4, 0.5) is 17.6 Å². The molecule has 0 saturated heterocycles. The average molecular weight is 411 g/mol. The summed E-state index contributed by atoms with van der Waals surface area (Å²) in [6.45, 7) is 2.18. The van der Waals surface area contributed by atoms with Crippen molar-refractivity contribution in [1.82, 2.24) is 0 Å². The standard InChI is InChI=1S/C23H23ClF4/c1-2-3-14-4-6-15(7-5-14)16-8-10-18(20(25)12-16)23(28)22(27)17-9-11-19(24)21(26)13-17/h8-15H,2-7H2,1H3. The van der Waals surface area contributed by atoms with Crippen LogP contribution < -0.4 is 0 Å². The third kappa shape index (κ3) is 4.60. The first-order valence-electron chi connectivity index (χ1n) is 9.71. The van der Waals surface area contributed by atoms with E-state index in [1.54, 1.807) is 6.07 Å². The summed E-state index contributed by atoms with van der Waals surface area (Å²) in [5, 5.41) is -0.193. The Kier molecular flexibility index (Phi) is 6.82. The lowest BCUT2D eigenvalue weighted by Gasteiger charge is -2.28. The SMILES string of the molecule is CCCC1CCC(c2ccc(C(F)=C(F)c3ccc(Cl)c(F)c3)c(F)c2)CC1. The van der Waals surface area contributed by atoms with E-state index in [9.17, 15) is 17.6 Å².